The molecule has 198 valence electrons. The molecule has 0 spiro atoms. The van der Waals surface area contributed by atoms with Gasteiger partial charge in [0, 0.05) is 45.5 Å². The molecule has 4 aromatic carbocycles. The number of fused-ring (bicyclic) bond motifs is 4. The van der Waals surface area contributed by atoms with E-state index in [1.165, 1.54) is 26.0 Å². The summed E-state index contributed by atoms with van der Waals surface area (Å²) in [6.45, 7) is 3.00. The van der Waals surface area contributed by atoms with Crippen molar-refractivity contribution in [1.29, 1.82) is 0 Å². The lowest BCUT2D eigenvalue weighted by Crippen LogP contribution is -2.23. The van der Waals surface area contributed by atoms with Crippen LogP contribution in [0.2, 0.25) is 0 Å². The molecule has 10 heteroatoms. The number of phenolic OH excluding ortho intramolecular Hbond substituents is 6. The number of carbonyl (C=O) groups excluding carboxylic acids is 4. The molecule has 0 heterocycles. The van der Waals surface area contributed by atoms with E-state index in [4.69, 9.17) is 0 Å². The van der Waals surface area contributed by atoms with Gasteiger partial charge in [0.1, 0.15) is 34.5 Å². The van der Waals surface area contributed by atoms with Gasteiger partial charge in [-0.25, -0.2) is 0 Å². The predicted molar refractivity (Wildman–Crippen MR) is 138 cm³/mol. The van der Waals surface area contributed by atoms with Crippen molar-refractivity contribution < 1.29 is 49.8 Å². The molecule has 0 atom stereocenters. The van der Waals surface area contributed by atoms with Gasteiger partial charge in [0.05, 0.1) is 22.3 Å². The minimum atomic E-state index is -0.902. The van der Waals surface area contributed by atoms with Gasteiger partial charge in [-0.3, -0.25) is 19.2 Å². The first-order valence-electron chi connectivity index (χ1n) is 11.9. The molecule has 0 saturated carbocycles. The van der Waals surface area contributed by atoms with Crippen LogP contribution in [0.3, 0.4) is 0 Å². The Morgan fingerprint density at radius 2 is 0.725 bits per heavy atom. The fraction of sp³-hybridized carbons (Fsp3) is 0.0667. The van der Waals surface area contributed by atoms with E-state index in [1.54, 1.807) is 0 Å². The third-order valence-electron chi connectivity index (χ3n) is 7.34. The Labute approximate surface area is 224 Å². The van der Waals surface area contributed by atoms with E-state index in [-0.39, 0.29) is 44.5 Å². The maximum Gasteiger partial charge on any atom is 0.201 e. The van der Waals surface area contributed by atoms with E-state index >= 15 is 0 Å². The van der Waals surface area contributed by atoms with Crippen LogP contribution in [0.1, 0.15) is 74.8 Å². The van der Waals surface area contributed by atoms with Crippen molar-refractivity contribution in [2.75, 3.05) is 0 Å². The maximum absolute atomic E-state index is 13.4. The molecule has 0 aliphatic heterocycles. The monoisotopic (exact) mass is 538 g/mol. The van der Waals surface area contributed by atoms with Crippen molar-refractivity contribution in [2.45, 2.75) is 13.8 Å². The molecule has 2 aliphatic rings. The number of hydrogen-bond acceptors (Lipinski definition) is 10. The molecule has 0 saturated heterocycles. The highest BCUT2D eigenvalue weighted by molar-refractivity contribution is 6.32. The molecule has 0 fully saturated rings. The van der Waals surface area contributed by atoms with Crippen LogP contribution < -0.4 is 0 Å². The van der Waals surface area contributed by atoms with Gasteiger partial charge < -0.3 is 30.6 Å². The largest absolute Gasteiger partial charge is 0.508 e. The van der Waals surface area contributed by atoms with Crippen molar-refractivity contribution in [3.05, 3.63) is 92.0 Å². The molecule has 10 nitrogen and oxygen atoms in total. The number of phenols is 6. The number of ketones is 4. The second-order valence-electron chi connectivity index (χ2n) is 9.77. The first-order valence-corrected chi connectivity index (χ1v) is 11.9. The molecule has 40 heavy (non-hydrogen) atoms. The van der Waals surface area contributed by atoms with Crippen LogP contribution >= 0.6 is 0 Å². The molecule has 2 aliphatic carbocycles. The second-order valence-corrected chi connectivity index (χ2v) is 9.77. The first-order chi connectivity index (χ1) is 18.8. The first kappa shape index (κ1) is 24.7. The number of benzene rings is 4. The molecule has 4 aromatic rings. The Bertz CT molecular complexity index is 1810. The standard InChI is InChI=1S/C30H18O10/c1-9-3-13-23(29(39)21-15(25(13)35)5-11(31)7-17(21)33)27(37)19(9)20-10(2)4-14-24(28(20)38)30(40)22-16(26(14)36)6-12(32)8-18(22)34/h3-8,31-34,37-38H,1-2H3. The molecule has 0 radical (unpaired) electrons. The van der Waals surface area contributed by atoms with Crippen molar-refractivity contribution in [1.82, 2.24) is 0 Å². The topological polar surface area (TPSA) is 190 Å². The van der Waals surface area contributed by atoms with E-state index in [9.17, 15) is 49.8 Å². The van der Waals surface area contributed by atoms with E-state index < -0.39 is 79.9 Å². The summed E-state index contributed by atoms with van der Waals surface area (Å²) in [7, 11) is 0. The lowest BCUT2D eigenvalue weighted by Gasteiger charge is -2.25. The second kappa shape index (κ2) is 7.93. The number of aryl methyl sites for hydroxylation is 2. The van der Waals surface area contributed by atoms with Crippen molar-refractivity contribution in [3.63, 3.8) is 0 Å². The van der Waals surface area contributed by atoms with E-state index in [1.807, 2.05) is 0 Å². The molecule has 0 aromatic heterocycles. The van der Waals surface area contributed by atoms with E-state index in [2.05, 4.69) is 0 Å². The fourth-order valence-corrected chi connectivity index (χ4v) is 5.65. The van der Waals surface area contributed by atoms with Crippen molar-refractivity contribution >= 4 is 23.1 Å². The Morgan fingerprint density at radius 1 is 0.400 bits per heavy atom. The van der Waals surface area contributed by atoms with Crippen LogP contribution in [-0.4, -0.2) is 53.8 Å². The summed E-state index contributed by atoms with van der Waals surface area (Å²) in [6, 6.07) is 6.46. The Morgan fingerprint density at radius 3 is 1.07 bits per heavy atom. The highest BCUT2D eigenvalue weighted by Gasteiger charge is 2.40. The number of carbonyl (C=O) groups is 4. The van der Waals surface area contributed by atoms with Crippen molar-refractivity contribution in [2.24, 2.45) is 0 Å². The summed E-state index contributed by atoms with van der Waals surface area (Å²) < 4.78 is 0. The molecule has 0 amide bonds. The van der Waals surface area contributed by atoms with Gasteiger partial charge in [0.25, 0.3) is 0 Å². The average Bonchev–Trinajstić information content (AvgIpc) is 2.86. The summed E-state index contributed by atoms with van der Waals surface area (Å²) in [6.07, 6.45) is 0. The minimum Gasteiger partial charge on any atom is -0.508 e. The van der Waals surface area contributed by atoms with Crippen LogP contribution in [0, 0.1) is 13.8 Å². The van der Waals surface area contributed by atoms with Gasteiger partial charge in [-0.1, -0.05) is 0 Å². The lowest BCUT2D eigenvalue weighted by molar-refractivity contribution is 0.0973. The minimum absolute atomic E-state index is 0.0969. The van der Waals surface area contributed by atoms with Crippen LogP contribution in [-0.2, 0) is 0 Å². The molecule has 0 unspecified atom stereocenters. The fourth-order valence-electron chi connectivity index (χ4n) is 5.65. The number of aromatic hydroxyl groups is 6. The Balaban J connectivity index is 1.62. The third kappa shape index (κ3) is 3.04. The molecular formula is C30H18O10. The van der Waals surface area contributed by atoms with E-state index in [0.29, 0.717) is 0 Å². The third-order valence-corrected chi connectivity index (χ3v) is 7.34. The smallest absolute Gasteiger partial charge is 0.201 e. The van der Waals surface area contributed by atoms with Gasteiger partial charge in [0.2, 0.25) is 11.6 Å². The zero-order chi connectivity index (χ0) is 28.9. The van der Waals surface area contributed by atoms with E-state index in [0.717, 1.165) is 24.3 Å². The number of hydrogen-bond donors (Lipinski definition) is 6. The predicted octanol–water partition coefficient (Wildman–Crippen LogP) is 3.75. The molecular weight excluding hydrogens is 520 g/mol. The maximum atomic E-state index is 13.4. The van der Waals surface area contributed by atoms with Crippen LogP contribution in [0.25, 0.3) is 11.1 Å². The Kier molecular flexibility index (Phi) is 4.90. The highest BCUT2D eigenvalue weighted by Crippen LogP contribution is 2.50. The SMILES string of the molecule is Cc1cc2c(c(O)c1-c1c(C)cc3c(c1O)C(=O)c1c(O)cc(O)cc1C3=O)C(=O)c1c(O)cc(O)cc1C2=O. The molecule has 0 bridgehead atoms. The van der Waals surface area contributed by atoms with Crippen LogP contribution in [0.5, 0.6) is 34.5 Å². The molecule has 6 N–H and O–H groups in total. The zero-order valence-corrected chi connectivity index (χ0v) is 20.8. The number of rotatable bonds is 1. The normalized spacial score (nSPS) is 13.6. The van der Waals surface area contributed by atoms with Gasteiger partial charge in [-0.15, -0.1) is 0 Å². The van der Waals surface area contributed by atoms with Gasteiger partial charge >= 0.3 is 0 Å². The van der Waals surface area contributed by atoms with Gasteiger partial charge in [0.15, 0.2) is 11.6 Å². The van der Waals surface area contributed by atoms with Crippen LogP contribution in [0.15, 0.2) is 36.4 Å². The van der Waals surface area contributed by atoms with Gasteiger partial charge in [-0.05, 0) is 49.2 Å². The molecule has 6 rings (SSSR count). The zero-order valence-electron chi connectivity index (χ0n) is 20.8. The van der Waals surface area contributed by atoms with Crippen molar-refractivity contribution in [3.8, 4) is 45.6 Å². The quantitative estimate of drug-likeness (QED) is 0.180. The summed E-state index contributed by atoms with van der Waals surface area (Å²) in [5.74, 6) is -6.87. The summed E-state index contributed by atoms with van der Waals surface area (Å²) >= 11 is 0. The van der Waals surface area contributed by atoms with Gasteiger partial charge in [-0.2, -0.15) is 0 Å². The highest BCUT2D eigenvalue weighted by atomic mass is 16.3. The lowest BCUT2D eigenvalue weighted by atomic mass is 9.77. The summed E-state index contributed by atoms with van der Waals surface area (Å²) in [4.78, 5) is 53.3. The van der Waals surface area contributed by atoms with Crippen LogP contribution in [0.4, 0.5) is 0 Å². The average molecular weight is 538 g/mol. The Hall–Kier alpha value is -5.64. The summed E-state index contributed by atoms with van der Waals surface area (Å²) in [5, 5.41) is 63.1. The summed E-state index contributed by atoms with van der Waals surface area (Å²) in [5.41, 5.74) is -2.34.